The van der Waals surface area contributed by atoms with Crippen molar-refractivity contribution in [2.24, 2.45) is 0 Å². The van der Waals surface area contributed by atoms with Crippen LogP contribution in [-0.2, 0) is 4.79 Å². The van der Waals surface area contributed by atoms with Gasteiger partial charge in [-0.3, -0.25) is 4.79 Å². The third-order valence-electron chi connectivity index (χ3n) is 1.94. The van der Waals surface area contributed by atoms with E-state index in [9.17, 15) is 9.18 Å². The van der Waals surface area contributed by atoms with Crippen LogP contribution in [-0.4, -0.2) is 10.9 Å². The highest BCUT2D eigenvalue weighted by molar-refractivity contribution is 7.10. The normalized spacial score (nSPS) is 10.6. The predicted octanol–water partition coefficient (Wildman–Crippen LogP) is 2.93. The molecule has 0 saturated heterocycles. The summed E-state index contributed by atoms with van der Waals surface area (Å²) >= 11 is 1.54. The molecule has 2 aromatic rings. The largest absolute Gasteiger partial charge is 0.321 e. The maximum Gasteiger partial charge on any atom is 0.248 e. The molecule has 1 amide bonds. The lowest BCUT2D eigenvalue weighted by atomic mass is 10.3. The molecule has 0 bridgehead atoms. The van der Waals surface area contributed by atoms with Gasteiger partial charge in [-0.1, -0.05) is 6.07 Å². The molecule has 0 spiro atoms. The van der Waals surface area contributed by atoms with Crippen LogP contribution >= 0.6 is 11.3 Å². The summed E-state index contributed by atoms with van der Waals surface area (Å²) in [4.78, 5) is 15.9. The highest BCUT2D eigenvalue weighted by Crippen LogP contribution is 2.10. The average Bonchev–Trinajstić information content (AvgIpc) is 2.83. The fourth-order valence-electron chi connectivity index (χ4n) is 1.18. The highest BCUT2D eigenvalue weighted by Gasteiger charge is 1.98. The molecule has 0 atom stereocenters. The van der Waals surface area contributed by atoms with Gasteiger partial charge in [-0.2, -0.15) is 4.39 Å². The van der Waals surface area contributed by atoms with Gasteiger partial charge in [0.15, 0.2) is 0 Å². The number of hydrogen-bond donors (Lipinski definition) is 1. The number of nitrogens with one attached hydrogen (secondary N) is 1. The lowest BCUT2D eigenvalue weighted by Gasteiger charge is -2.00. The number of carbonyl (C=O) groups excluding carboxylic acids is 1. The zero-order valence-corrected chi connectivity index (χ0v) is 9.58. The molecule has 5 heteroatoms. The number of rotatable bonds is 3. The van der Waals surface area contributed by atoms with Crippen LogP contribution in [0.2, 0.25) is 0 Å². The van der Waals surface area contributed by atoms with Gasteiger partial charge >= 0.3 is 0 Å². The minimum Gasteiger partial charge on any atom is -0.321 e. The number of nitrogens with zero attached hydrogens (tertiary/aromatic N) is 1. The van der Waals surface area contributed by atoms with Crippen LogP contribution < -0.4 is 5.32 Å². The molecule has 2 aromatic heterocycles. The molecule has 2 rings (SSSR count). The van der Waals surface area contributed by atoms with Crippen molar-refractivity contribution >= 4 is 29.0 Å². The Labute approximate surface area is 102 Å². The summed E-state index contributed by atoms with van der Waals surface area (Å²) in [6.07, 6.45) is 4.42. The van der Waals surface area contributed by atoms with E-state index in [-0.39, 0.29) is 5.91 Å². The van der Waals surface area contributed by atoms with E-state index in [1.165, 1.54) is 24.4 Å². The Balaban J connectivity index is 1.95. The number of thiophene rings is 1. The molecule has 2 heterocycles. The average molecular weight is 248 g/mol. The van der Waals surface area contributed by atoms with Crippen LogP contribution in [0.4, 0.5) is 10.1 Å². The molecule has 86 valence electrons. The number of hydrogen-bond acceptors (Lipinski definition) is 3. The second-order valence-electron chi connectivity index (χ2n) is 3.21. The fraction of sp³-hybridized carbons (Fsp3) is 0. The Morgan fingerprint density at radius 1 is 1.41 bits per heavy atom. The van der Waals surface area contributed by atoms with Gasteiger partial charge < -0.3 is 5.32 Å². The van der Waals surface area contributed by atoms with Crippen LogP contribution in [0, 0.1) is 5.95 Å². The van der Waals surface area contributed by atoms with Crippen LogP contribution in [0.5, 0.6) is 0 Å². The van der Waals surface area contributed by atoms with Gasteiger partial charge in [-0.05, 0) is 29.7 Å². The van der Waals surface area contributed by atoms with Crippen molar-refractivity contribution in [3.05, 3.63) is 52.7 Å². The molecule has 0 saturated carbocycles. The monoisotopic (exact) mass is 248 g/mol. The first-order valence-electron chi connectivity index (χ1n) is 4.88. The number of carbonyl (C=O) groups is 1. The summed E-state index contributed by atoms with van der Waals surface area (Å²) < 4.78 is 12.5. The van der Waals surface area contributed by atoms with Gasteiger partial charge in [0.05, 0.1) is 11.9 Å². The van der Waals surface area contributed by atoms with Crippen molar-refractivity contribution in [2.45, 2.75) is 0 Å². The van der Waals surface area contributed by atoms with Gasteiger partial charge in [0, 0.05) is 11.0 Å². The molecule has 0 aromatic carbocycles. The van der Waals surface area contributed by atoms with Gasteiger partial charge in [0.2, 0.25) is 11.9 Å². The van der Waals surface area contributed by atoms with E-state index in [0.29, 0.717) is 5.69 Å². The molecule has 3 nitrogen and oxygen atoms in total. The Morgan fingerprint density at radius 2 is 2.29 bits per heavy atom. The van der Waals surface area contributed by atoms with E-state index in [1.54, 1.807) is 17.4 Å². The smallest absolute Gasteiger partial charge is 0.248 e. The van der Waals surface area contributed by atoms with Crippen molar-refractivity contribution < 1.29 is 9.18 Å². The molecular weight excluding hydrogens is 239 g/mol. The quantitative estimate of drug-likeness (QED) is 0.670. The van der Waals surface area contributed by atoms with Gasteiger partial charge in [-0.25, -0.2) is 4.98 Å². The van der Waals surface area contributed by atoms with E-state index in [1.807, 2.05) is 17.5 Å². The summed E-state index contributed by atoms with van der Waals surface area (Å²) in [6, 6.07) is 6.47. The third-order valence-corrected chi connectivity index (χ3v) is 2.77. The number of anilines is 1. The van der Waals surface area contributed by atoms with E-state index in [0.717, 1.165) is 4.88 Å². The number of pyridine rings is 1. The molecule has 0 aliphatic carbocycles. The molecule has 0 unspecified atom stereocenters. The highest BCUT2D eigenvalue weighted by atomic mass is 32.1. The van der Waals surface area contributed by atoms with E-state index < -0.39 is 5.95 Å². The third kappa shape index (κ3) is 3.49. The Morgan fingerprint density at radius 3 is 2.94 bits per heavy atom. The Hall–Kier alpha value is -2.01. The van der Waals surface area contributed by atoms with Crippen LogP contribution in [0.25, 0.3) is 6.08 Å². The van der Waals surface area contributed by atoms with Crippen molar-refractivity contribution in [3.8, 4) is 0 Å². The SMILES string of the molecule is O=C(/C=C/c1cccs1)Nc1ccc(F)nc1. The zero-order valence-electron chi connectivity index (χ0n) is 8.76. The summed E-state index contributed by atoms with van der Waals surface area (Å²) in [7, 11) is 0. The van der Waals surface area contributed by atoms with E-state index in [2.05, 4.69) is 10.3 Å². The molecule has 0 fully saturated rings. The second kappa shape index (κ2) is 5.36. The van der Waals surface area contributed by atoms with Crippen LogP contribution in [0.1, 0.15) is 4.88 Å². The lowest BCUT2D eigenvalue weighted by Crippen LogP contribution is -2.07. The van der Waals surface area contributed by atoms with Crippen LogP contribution in [0.3, 0.4) is 0 Å². The molecule has 0 radical (unpaired) electrons. The molecular formula is C12H9FN2OS. The standard InChI is InChI=1S/C12H9FN2OS/c13-11-5-3-9(8-14-11)15-12(16)6-4-10-2-1-7-17-10/h1-8H,(H,15,16)/b6-4+. The minimum absolute atomic E-state index is 0.271. The first-order chi connectivity index (χ1) is 8.24. The first kappa shape index (κ1) is 11.5. The van der Waals surface area contributed by atoms with Gasteiger partial charge in [0.25, 0.3) is 0 Å². The van der Waals surface area contributed by atoms with Crippen molar-refractivity contribution in [1.29, 1.82) is 0 Å². The summed E-state index contributed by atoms with van der Waals surface area (Å²) in [5.74, 6) is -0.844. The first-order valence-corrected chi connectivity index (χ1v) is 5.76. The van der Waals surface area contributed by atoms with Crippen molar-refractivity contribution in [3.63, 3.8) is 0 Å². The summed E-state index contributed by atoms with van der Waals surface area (Å²) in [6.45, 7) is 0. The second-order valence-corrected chi connectivity index (χ2v) is 4.19. The van der Waals surface area contributed by atoms with E-state index >= 15 is 0 Å². The number of amides is 1. The van der Waals surface area contributed by atoms with Crippen molar-refractivity contribution in [2.75, 3.05) is 5.32 Å². The fourth-order valence-corrected chi connectivity index (χ4v) is 1.80. The predicted molar refractivity (Wildman–Crippen MR) is 66.2 cm³/mol. The van der Waals surface area contributed by atoms with Gasteiger partial charge in [0.1, 0.15) is 0 Å². The summed E-state index contributed by atoms with van der Waals surface area (Å²) in [5, 5.41) is 4.51. The number of halogens is 1. The molecule has 0 aliphatic heterocycles. The topological polar surface area (TPSA) is 42.0 Å². The molecule has 17 heavy (non-hydrogen) atoms. The number of aromatic nitrogens is 1. The lowest BCUT2D eigenvalue weighted by molar-refractivity contribution is -0.111. The Bertz CT molecular complexity index is 520. The Kier molecular flexibility index (Phi) is 3.62. The minimum atomic E-state index is -0.572. The van der Waals surface area contributed by atoms with E-state index in [4.69, 9.17) is 0 Å². The molecule has 1 N–H and O–H groups in total. The maximum absolute atomic E-state index is 12.5. The molecule has 0 aliphatic rings. The maximum atomic E-state index is 12.5. The zero-order chi connectivity index (χ0) is 12.1. The van der Waals surface area contributed by atoms with Crippen molar-refractivity contribution in [1.82, 2.24) is 4.98 Å². The summed E-state index contributed by atoms with van der Waals surface area (Å²) in [5.41, 5.74) is 0.465. The van der Waals surface area contributed by atoms with Crippen LogP contribution in [0.15, 0.2) is 41.9 Å². The van der Waals surface area contributed by atoms with Gasteiger partial charge in [-0.15, -0.1) is 11.3 Å².